The number of nitrogens with zero attached hydrogens (tertiary/aromatic N) is 2. The molecule has 0 radical (unpaired) electrons. The van der Waals surface area contributed by atoms with Gasteiger partial charge in [-0.1, -0.05) is 66.7 Å². The Kier molecular flexibility index (Phi) is 5.49. The second-order valence-electron chi connectivity index (χ2n) is 7.06. The smallest absolute Gasteiger partial charge is 0.254 e. The van der Waals surface area contributed by atoms with Gasteiger partial charge in [-0.25, -0.2) is 4.39 Å². The average Bonchev–Trinajstić information content (AvgIpc) is 2.75. The molecule has 4 heteroatoms. The Labute approximate surface area is 165 Å². The molecule has 1 aliphatic rings. The first-order valence-electron chi connectivity index (χ1n) is 9.61. The number of amides is 1. The molecule has 1 saturated heterocycles. The molecule has 0 aromatic heterocycles. The Morgan fingerprint density at radius 1 is 0.750 bits per heavy atom. The van der Waals surface area contributed by atoms with Gasteiger partial charge in [-0.2, -0.15) is 0 Å². The molecule has 3 nitrogen and oxygen atoms in total. The third-order valence-corrected chi connectivity index (χ3v) is 5.27. The molecular weight excluding hydrogens is 351 g/mol. The maximum Gasteiger partial charge on any atom is 0.254 e. The van der Waals surface area contributed by atoms with Crippen LogP contribution in [0.25, 0.3) is 0 Å². The minimum absolute atomic E-state index is 0.102. The molecule has 0 N–H and O–H groups in total. The molecule has 0 bridgehead atoms. The second kappa shape index (κ2) is 8.36. The predicted molar refractivity (Wildman–Crippen MR) is 109 cm³/mol. The molecule has 28 heavy (non-hydrogen) atoms. The van der Waals surface area contributed by atoms with Crippen LogP contribution in [0.4, 0.5) is 4.39 Å². The highest BCUT2D eigenvalue weighted by Gasteiger charge is 2.28. The van der Waals surface area contributed by atoms with Crippen LogP contribution in [0.3, 0.4) is 0 Å². The van der Waals surface area contributed by atoms with E-state index in [4.69, 9.17) is 0 Å². The van der Waals surface area contributed by atoms with Gasteiger partial charge in [0.25, 0.3) is 5.91 Å². The van der Waals surface area contributed by atoms with Crippen molar-refractivity contribution in [2.45, 2.75) is 6.04 Å². The number of carbonyl (C=O) groups is 1. The van der Waals surface area contributed by atoms with Crippen LogP contribution in [0.5, 0.6) is 0 Å². The highest BCUT2D eigenvalue weighted by molar-refractivity contribution is 5.94. The second-order valence-corrected chi connectivity index (χ2v) is 7.06. The quantitative estimate of drug-likeness (QED) is 0.677. The average molecular weight is 374 g/mol. The number of benzene rings is 3. The summed E-state index contributed by atoms with van der Waals surface area (Å²) in [5.41, 5.74) is 2.91. The van der Waals surface area contributed by atoms with E-state index in [0.29, 0.717) is 18.7 Å². The summed E-state index contributed by atoms with van der Waals surface area (Å²) in [5.74, 6) is -0.479. The van der Waals surface area contributed by atoms with Crippen molar-refractivity contribution in [1.82, 2.24) is 9.80 Å². The number of piperazine rings is 1. The van der Waals surface area contributed by atoms with Crippen molar-refractivity contribution in [3.8, 4) is 0 Å². The van der Waals surface area contributed by atoms with E-state index in [1.807, 2.05) is 17.0 Å². The van der Waals surface area contributed by atoms with Crippen LogP contribution in [0.15, 0.2) is 84.9 Å². The van der Waals surface area contributed by atoms with Gasteiger partial charge < -0.3 is 4.90 Å². The number of halogens is 1. The minimum atomic E-state index is -0.377. The van der Waals surface area contributed by atoms with Crippen molar-refractivity contribution in [1.29, 1.82) is 0 Å². The lowest BCUT2D eigenvalue weighted by Gasteiger charge is -2.39. The third kappa shape index (κ3) is 3.97. The van der Waals surface area contributed by atoms with Crippen LogP contribution < -0.4 is 0 Å². The first-order valence-corrected chi connectivity index (χ1v) is 9.61. The fourth-order valence-electron chi connectivity index (χ4n) is 3.87. The predicted octanol–water partition coefficient (Wildman–Crippen LogP) is 4.37. The van der Waals surface area contributed by atoms with E-state index in [1.165, 1.54) is 23.3 Å². The lowest BCUT2D eigenvalue weighted by molar-refractivity contribution is 0.0597. The molecule has 0 atom stereocenters. The van der Waals surface area contributed by atoms with Crippen molar-refractivity contribution < 1.29 is 9.18 Å². The molecular formula is C24H23FN2O. The van der Waals surface area contributed by atoms with E-state index in [1.54, 1.807) is 12.1 Å². The van der Waals surface area contributed by atoms with Crippen molar-refractivity contribution in [2.24, 2.45) is 0 Å². The molecule has 0 spiro atoms. The summed E-state index contributed by atoms with van der Waals surface area (Å²) in [6, 6.07) is 27.0. The maximum absolute atomic E-state index is 13.5. The first kappa shape index (κ1) is 18.4. The fraction of sp³-hybridized carbons (Fsp3) is 0.208. The van der Waals surface area contributed by atoms with Crippen LogP contribution in [0, 0.1) is 5.82 Å². The van der Waals surface area contributed by atoms with Gasteiger partial charge in [0, 0.05) is 31.7 Å². The fourth-order valence-corrected chi connectivity index (χ4v) is 3.87. The van der Waals surface area contributed by atoms with Crippen LogP contribution >= 0.6 is 0 Å². The standard InChI is InChI=1S/C24H23FN2O/c25-22-13-7-12-21(18-22)24(28)27-16-14-26(15-17-27)23(19-8-3-1-4-9-19)20-10-5-2-6-11-20/h1-13,18,23H,14-17H2. The van der Waals surface area contributed by atoms with E-state index < -0.39 is 0 Å². The summed E-state index contributed by atoms with van der Waals surface area (Å²) in [4.78, 5) is 16.9. The van der Waals surface area contributed by atoms with Crippen molar-refractivity contribution in [3.05, 3.63) is 107 Å². The van der Waals surface area contributed by atoms with Gasteiger partial charge in [0.1, 0.15) is 5.82 Å². The summed E-state index contributed by atoms with van der Waals surface area (Å²) >= 11 is 0. The molecule has 142 valence electrons. The summed E-state index contributed by atoms with van der Waals surface area (Å²) in [5, 5.41) is 0. The maximum atomic E-state index is 13.5. The van der Waals surface area contributed by atoms with E-state index in [9.17, 15) is 9.18 Å². The van der Waals surface area contributed by atoms with E-state index in [2.05, 4.69) is 53.4 Å². The molecule has 0 saturated carbocycles. The van der Waals surface area contributed by atoms with Crippen LogP contribution in [0.2, 0.25) is 0 Å². The molecule has 1 heterocycles. The van der Waals surface area contributed by atoms with Crippen LogP contribution in [-0.2, 0) is 0 Å². The van der Waals surface area contributed by atoms with Crippen LogP contribution in [0.1, 0.15) is 27.5 Å². The summed E-state index contributed by atoms with van der Waals surface area (Å²) in [7, 11) is 0. The Bertz CT molecular complexity index is 882. The Balaban J connectivity index is 1.51. The monoisotopic (exact) mass is 374 g/mol. The minimum Gasteiger partial charge on any atom is -0.336 e. The Morgan fingerprint density at radius 3 is 1.86 bits per heavy atom. The summed E-state index contributed by atoms with van der Waals surface area (Å²) in [6.45, 7) is 2.81. The van der Waals surface area contributed by atoms with Crippen molar-refractivity contribution >= 4 is 5.91 Å². The van der Waals surface area contributed by atoms with Gasteiger partial charge >= 0.3 is 0 Å². The van der Waals surface area contributed by atoms with Gasteiger partial charge in [-0.3, -0.25) is 9.69 Å². The molecule has 3 aromatic carbocycles. The SMILES string of the molecule is O=C(c1cccc(F)c1)N1CCN(C(c2ccccc2)c2ccccc2)CC1. The molecule has 0 unspecified atom stereocenters. The zero-order valence-corrected chi connectivity index (χ0v) is 15.7. The first-order chi connectivity index (χ1) is 13.7. The number of hydrogen-bond acceptors (Lipinski definition) is 2. The highest BCUT2D eigenvalue weighted by atomic mass is 19.1. The van der Waals surface area contributed by atoms with Crippen LogP contribution in [-0.4, -0.2) is 41.9 Å². The largest absolute Gasteiger partial charge is 0.336 e. The van der Waals surface area contributed by atoms with Gasteiger partial charge in [0.2, 0.25) is 0 Å². The summed E-state index contributed by atoms with van der Waals surface area (Å²) in [6.07, 6.45) is 0. The molecule has 4 rings (SSSR count). The van der Waals surface area contributed by atoms with Gasteiger partial charge in [-0.15, -0.1) is 0 Å². The van der Waals surface area contributed by atoms with E-state index in [0.717, 1.165) is 13.1 Å². The van der Waals surface area contributed by atoms with E-state index >= 15 is 0 Å². The highest BCUT2D eigenvalue weighted by Crippen LogP contribution is 2.29. The normalized spacial score (nSPS) is 15.0. The molecule has 1 aliphatic heterocycles. The van der Waals surface area contributed by atoms with Gasteiger partial charge in [-0.05, 0) is 29.3 Å². The summed E-state index contributed by atoms with van der Waals surface area (Å²) < 4.78 is 13.5. The van der Waals surface area contributed by atoms with E-state index in [-0.39, 0.29) is 17.8 Å². The number of hydrogen-bond donors (Lipinski definition) is 0. The van der Waals surface area contributed by atoms with Crippen molar-refractivity contribution in [2.75, 3.05) is 26.2 Å². The lowest BCUT2D eigenvalue weighted by atomic mass is 9.96. The Morgan fingerprint density at radius 2 is 1.32 bits per heavy atom. The lowest BCUT2D eigenvalue weighted by Crippen LogP contribution is -2.49. The Hall–Kier alpha value is -2.98. The molecule has 0 aliphatic carbocycles. The molecule has 1 amide bonds. The zero-order chi connectivity index (χ0) is 19.3. The zero-order valence-electron chi connectivity index (χ0n) is 15.7. The number of rotatable bonds is 4. The van der Waals surface area contributed by atoms with Gasteiger partial charge in [0.15, 0.2) is 0 Å². The number of carbonyl (C=O) groups excluding carboxylic acids is 1. The van der Waals surface area contributed by atoms with Crippen molar-refractivity contribution in [3.63, 3.8) is 0 Å². The molecule has 3 aromatic rings. The third-order valence-electron chi connectivity index (χ3n) is 5.27. The molecule has 1 fully saturated rings. The topological polar surface area (TPSA) is 23.6 Å². The van der Waals surface area contributed by atoms with Gasteiger partial charge in [0.05, 0.1) is 6.04 Å².